The molecule has 2 rings (SSSR count). The lowest BCUT2D eigenvalue weighted by Crippen LogP contribution is -2.27. The average Bonchev–Trinajstić information content (AvgIpc) is 2.28. The quantitative estimate of drug-likeness (QED) is 0.537. The minimum absolute atomic E-state index is 0.704. The fourth-order valence-corrected chi connectivity index (χ4v) is 4.21. The highest BCUT2D eigenvalue weighted by atomic mass is 28.3. The van der Waals surface area contributed by atoms with E-state index >= 15 is 0 Å². The molecule has 0 aromatic carbocycles. The fraction of sp³-hybridized carbons (Fsp3) is 0.846. The zero-order valence-electron chi connectivity index (χ0n) is 10.3. The molecule has 0 amide bonds. The third-order valence-electron chi connectivity index (χ3n) is 3.82. The molecule has 1 radical (unpaired) electrons. The normalized spacial score (nSPS) is 23.9. The Morgan fingerprint density at radius 3 is 2.31 bits per heavy atom. The van der Waals surface area contributed by atoms with Crippen molar-refractivity contribution in [2.24, 2.45) is 5.92 Å². The highest BCUT2D eigenvalue weighted by Crippen LogP contribution is 2.32. The summed E-state index contributed by atoms with van der Waals surface area (Å²) >= 11 is 0. The van der Waals surface area contributed by atoms with Crippen molar-refractivity contribution in [3.05, 3.63) is 12.3 Å². The van der Waals surface area contributed by atoms with Crippen LogP contribution in [0.15, 0.2) is 12.3 Å². The first-order valence-electron chi connectivity index (χ1n) is 6.64. The van der Waals surface area contributed by atoms with Crippen molar-refractivity contribution < 1.29 is 8.85 Å². The van der Waals surface area contributed by atoms with E-state index in [-0.39, 0.29) is 0 Å². The number of hydrogen-bond acceptors (Lipinski definition) is 2. The SMILES string of the molecule is CO[Si](OC=CC1CCC1)C1CCCCC1. The van der Waals surface area contributed by atoms with E-state index in [1.54, 1.807) is 7.11 Å². The van der Waals surface area contributed by atoms with Gasteiger partial charge in [-0.15, -0.1) is 0 Å². The molecule has 0 unspecified atom stereocenters. The maximum atomic E-state index is 5.84. The lowest BCUT2D eigenvalue weighted by molar-refractivity contribution is 0.273. The summed E-state index contributed by atoms with van der Waals surface area (Å²) in [5.74, 6) is 0.784. The fourth-order valence-electron chi connectivity index (χ4n) is 2.50. The zero-order chi connectivity index (χ0) is 11.2. The molecule has 0 aromatic heterocycles. The van der Waals surface area contributed by atoms with Crippen LogP contribution in [-0.4, -0.2) is 16.4 Å². The molecule has 0 atom stereocenters. The van der Waals surface area contributed by atoms with Gasteiger partial charge in [-0.2, -0.15) is 0 Å². The van der Waals surface area contributed by atoms with Gasteiger partial charge in [0.05, 0.1) is 6.26 Å². The Balaban J connectivity index is 1.72. The van der Waals surface area contributed by atoms with Crippen LogP contribution in [0.5, 0.6) is 0 Å². The Bertz CT molecular complexity index is 220. The molecule has 2 aliphatic carbocycles. The van der Waals surface area contributed by atoms with Crippen LogP contribution < -0.4 is 0 Å². The molecule has 0 spiro atoms. The van der Waals surface area contributed by atoms with Gasteiger partial charge in [-0.3, -0.25) is 0 Å². The first kappa shape index (κ1) is 12.2. The molecule has 0 aliphatic heterocycles. The highest BCUT2D eigenvalue weighted by molar-refractivity contribution is 6.46. The van der Waals surface area contributed by atoms with Gasteiger partial charge in [-0.05, 0) is 37.7 Å². The standard InChI is InChI=1S/C13H23O2Si/c1-14-16(13-8-3-2-4-9-13)15-11-10-12-6-5-7-12/h10-13H,2-9H2,1H3. The van der Waals surface area contributed by atoms with E-state index in [4.69, 9.17) is 8.85 Å². The summed E-state index contributed by atoms with van der Waals surface area (Å²) in [7, 11) is 0.755. The third kappa shape index (κ3) is 3.35. The van der Waals surface area contributed by atoms with Crippen molar-refractivity contribution in [1.29, 1.82) is 0 Å². The molecule has 2 saturated carbocycles. The molecule has 16 heavy (non-hydrogen) atoms. The van der Waals surface area contributed by atoms with Crippen molar-refractivity contribution >= 4 is 9.28 Å². The Hall–Kier alpha value is -0.283. The highest BCUT2D eigenvalue weighted by Gasteiger charge is 2.29. The van der Waals surface area contributed by atoms with Crippen LogP contribution in [0.25, 0.3) is 0 Å². The van der Waals surface area contributed by atoms with Crippen molar-refractivity contribution in [3.8, 4) is 0 Å². The van der Waals surface area contributed by atoms with Gasteiger partial charge in [0.25, 0.3) is 0 Å². The van der Waals surface area contributed by atoms with Gasteiger partial charge in [0, 0.05) is 12.7 Å². The van der Waals surface area contributed by atoms with Crippen molar-refractivity contribution in [2.75, 3.05) is 7.11 Å². The molecular formula is C13H23O2Si. The minimum Gasteiger partial charge on any atom is -0.525 e. The molecule has 2 aliphatic rings. The van der Waals surface area contributed by atoms with Crippen molar-refractivity contribution in [2.45, 2.75) is 56.9 Å². The topological polar surface area (TPSA) is 18.5 Å². The Morgan fingerprint density at radius 2 is 1.75 bits per heavy atom. The van der Waals surface area contributed by atoms with Crippen LogP contribution >= 0.6 is 0 Å². The number of hydrogen-bond donors (Lipinski definition) is 0. The Labute approximate surface area is 101 Å². The molecule has 0 saturated heterocycles. The summed E-state index contributed by atoms with van der Waals surface area (Å²) in [5, 5.41) is 0. The van der Waals surface area contributed by atoms with Gasteiger partial charge >= 0.3 is 9.28 Å². The summed E-state index contributed by atoms with van der Waals surface area (Å²) in [4.78, 5) is 0. The first-order chi connectivity index (χ1) is 7.90. The smallest absolute Gasteiger partial charge is 0.460 e. The van der Waals surface area contributed by atoms with Crippen LogP contribution in [0.4, 0.5) is 0 Å². The maximum Gasteiger partial charge on any atom is 0.460 e. The summed E-state index contributed by atoms with van der Waals surface area (Å²) in [6, 6.07) is 0. The van der Waals surface area contributed by atoms with E-state index in [9.17, 15) is 0 Å². The van der Waals surface area contributed by atoms with Crippen LogP contribution in [0.1, 0.15) is 51.4 Å². The second-order valence-corrected chi connectivity index (χ2v) is 7.09. The summed E-state index contributed by atoms with van der Waals surface area (Å²) in [5.41, 5.74) is 0.704. The molecule has 3 heteroatoms. The second kappa shape index (κ2) is 6.45. The van der Waals surface area contributed by atoms with Crippen LogP contribution in [0.3, 0.4) is 0 Å². The third-order valence-corrected chi connectivity index (χ3v) is 5.84. The van der Waals surface area contributed by atoms with E-state index in [0.717, 1.165) is 5.92 Å². The Morgan fingerprint density at radius 1 is 1.00 bits per heavy atom. The summed E-state index contributed by atoms with van der Waals surface area (Å²) < 4.78 is 11.4. The minimum atomic E-state index is -1.05. The molecule has 0 aromatic rings. The number of allylic oxidation sites excluding steroid dienone is 1. The lowest BCUT2D eigenvalue weighted by Gasteiger charge is -2.25. The summed E-state index contributed by atoms with van der Waals surface area (Å²) in [6.07, 6.45) is 15.0. The van der Waals surface area contributed by atoms with Gasteiger partial charge < -0.3 is 8.85 Å². The molecule has 0 bridgehead atoms. The predicted molar refractivity (Wildman–Crippen MR) is 67.2 cm³/mol. The van der Waals surface area contributed by atoms with E-state index in [0.29, 0.717) is 5.54 Å². The molecule has 0 heterocycles. The van der Waals surface area contributed by atoms with E-state index in [2.05, 4.69) is 6.08 Å². The van der Waals surface area contributed by atoms with Gasteiger partial charge in [-0.1, -0.05) is 25.7 Å². The average molecular weight is 239 g/mol. The van der Waals surface area contributed by atoms with E-state index < -0.39 is 9.28 Å². The maximum absolute atomic E-state index is 5.84. The predicted octanol–water partition coefficient (Wildman–Crippen LogP) is 3.79. The molecular weight excluding hydrogens is 216 g/mol. The first-order valence-corrected chi connectivity index (χ1v) is 8.03. The number of rotatable bonds is 5. The molecule has 0 N–H and O–H groups in total. The zero-order valence-corrected chi connectivity index (χ0v) is 11.3. The van der Waals surface area contributed by atoms with Gasteiger partial charge in [0.1, 0.15) is 0 Å². The van der Waals surface area contributed by atoms with Crippen molar-refractivity contribution in [3.63, 3.8) is 0 Å². The largest absolute Gasteiger partial charge is 0.525 e. The summed E-state index contributed by atoms with van der Waals surface area (Å²) in [6.45, 7) is 0. The van der Waals surface area contributed by atoms with Crippen molar-refractivity contribution in [1.82, 2.24) is 0 Å². The molecule has 2 fully saturated rings. The van der Waals surface area contributed by atoms with Gasteiger partial charge in [-0.25, -0.2) is 0 Å². The monoisotopic (exact) mass is 239 g/mol. The lowest BCUT2D eigenvalue weighted by atomic mass is 9.86. The Kier molecular flexibility index (Phi) is 4.91. The molecule has 91 valence electrons. The van der Waals surface area contributed by atoms with E-state index in [1.807, 2.05) is 6.26 Å². The van der Waals surface area contributed by atoms with Crippen LogP contribution in [0, 0.1) is 5.92 Å². The van der Waals surface area contributed by atoms with Crippen LogP contribution in [0.2, 0.25) is 5.54 Å². The molecule has 2 nitrogen and oxygen atoms in total. The van der Waals surface area contributed by atoms with Gasteiger partial charge in [0.2, 0.25) is 0 Å². The van der Waals surface area contributed by atoms with Gasteiger partial charge in [0.15, 0.2) is 0 Å². The van der Waals surface area contributed by atoms with E-state index in [1.165, 1.54) is 51.4 Å². The van der Waals surface area contributed by atoms with Crippen LogP contribution in [-0.2, 0) is 8.85 Å². The second-order valence-electron chi connectivity index (χ2n) is 5.00.